The molecular formula is C24H31N3O3. The summed E-state index contributed by atoms with van der Waals surface area (Å²) in [4.78, 5) is 19.8. The number of carbonyl (C=O) groups excluding carboxylic acids is 1. The van der Waals surface area contributed by atoms with Crippen molar-refractivity contribution < 1.29 is 14.3 Å². The van der Waals surface area contributed by atoms with E-state index in [1.165, 1.54) is 5.69 Å². The lowest BCUT2D eigenvalue weighted by molar-refractivity contribution is 0.0611. The number of carbonyl (C=O) groups is 1. The number of methoxy groups -OCH3 is 2. The van der Waals surface area contributed by atoms with E-state index in [0.717, 1.165) is 69.2 Å². The zero-order valence-electron chi connectivity index (χ0n) is 17.9. The molecule has 2 fully saturated rings. The summed E-state index contributed by atoms with van der Waals surface area (Å²) in [6, 6.07) is 16.2. The third kappa shape index (κ3) is 4.38. The Hall–Kier alpha value is -2.73. The second-order valence-electron chi connectivity index (χ2n) is 7.95. The van der Waals surface area contributed by atoms with Gasteiger partial charge in [-0.15, -0.1) is 0 Å². The van der Waals surface area contributed by atoms with Crippen LogP contribution in [0.2, 0.25) is 0 Å². The van der Waals surface area contributed by atoms with Crippen LogP contribution in [0.25, 0.3) is 0 Å². The molecule has 6 nitrogen and oxygen atoms in total. The Morgan fingerprint density at radius 2 is 1.50 bits per heavy atom. The van der Waals surface area contributed by atoms with E-state index in [9.17, 15) is 4.79 Å². The van der Waals surface area contributed by atoms with Crippen LogP contribution in [0.1, 0.15) is 23.2 Å². The standard InChI is InChI=1S/C24H31N3O3/c1-29-21-9-7-19(8-10-21)24(28)27-13-11-20(12-14-27)25-15-17-26(18-16-25)22-5-3-4-6-23(22)30-2/h3-10,20H,11-18H2,1-2H3. The van der Waals surface area contributed by atoms with Gasteiger partial charge in [-0.25, -0.2) is 0 Å². The highest BCUT2D eigenvalue weighted by atomic mass is 16.5. The van der Waals surface area contributed by atoms with Gasteiger partial charge in [0.25, 0.3) is 5.91 Å². The van der Waals surface area contributed by atoms with Crippen LogP contribution < -0.4 is 14.4 Å². The quantitative estimate of drug-likeness (QED) is 0.759. The average molecular weight is 410 g/mol. The molecule has 0 saturated carbocycles. The van der Waals surface area contributed by atoms with Gasteiger partial charge >= 0.3 is 0 Å². The summed E-state index contributed by atoms with van der Waals surface area (Å²) in [5.74, 6) is 1.84. The molecule has 0 bridgehead atoms. The minimum Gasteiger partial charge on any atom is -0.497 e. The molecule has 0 N–H and O–H groups in total. The molecule has 0 atom stereocenters. The van der Waals surface area contributed by atoms with Crippen molar-refractivity contribution in [3.05, 3.63) is 54.1 Å². The molecule has 0 aromatic heterocycles. The van der Waals surface area contributed by atoms with Crippen molar-refractivity contribution in [1.82, 2.24) is 9.80 Å². The highest BCUT2D eigenvalue weighted by Gasteiger charge is 2.30. The van der Waals surface area contributed by atoms with E-state index in [2.05, 4.69) is 21.9 Å². The molecule has 2 aliphatic rings. The molecule has 0 radical (unpaired) electrons. The second kappa shape index (κ2) is 9.39. The zero-order valence-corrected chi connectivity index (χ0v) is 17.9. The second-order valence-corrected chi connectivity index (χ2v) is 7.95. The Kier molecular flexibility index (Phi) is 6.43. The molecular weight excluding hydrogens is 378 g/mol. The Morgan fingerprint density at radius 1 is 0.833 bits per heavy atom. The number of para-hydroxylation sites is 2. The van der Waals surface area contributed by atoms with Gasteiger partial charge in [0.2, 0.25) is 0 Å². The number of likely N-dealkylation sites (tertiary alicyclic amines) is 1. The average Bonchev–Trinajstić information content (AvgIpc) is 2.84. The fourth-order valence-corrected chi connectivity index (χ4v) is 4.57. The lowest BCUT2D eigenvalue weighted by atomic mass is 10.0. The summed E-state index contributed by atoms with van der Waals surface area (Å²) >= 11 is 0. The number of rotatable bonds is 5. The molecule has 1 amide bonds. The first-order valence-corrected chi connectivity index (χ1v) is 10.7. The van der Waals surface area contributed by atoms with Crippen molar-refractivity contribution in [2.45, 2.75) is 18.9 Å². The number of ether oxygens (including phenoxy) is 2. The van der Waals surface area contributed by atoms with Crippen LogP contribution in [0.5, 0.6) is 11.5 Å². The van der Waals surface area contributed by atoms with Crippen molar-refractivity contribution in [3.8, 4) is 11.5 Å². The molecule has 4 rings (SSSR count). The van der Waals surface area contributed by atoms with Gasteiger partial charge in [-0.2, -0.15) is 0 Å². The largest absolute Gasteiger partial charge is 0.497 e. The fraction of sp³-hybridized carbons (Fsp3) is 0.458. The number of anilines is 1. The predicted molar refractivity (Wildman–Crippen MR) is 119 cm³/mol. The van der Waals surface area contributed by atoms with Crippen LogP contribution in [0.15, 0.2) is 48.5 Å². The van der Waals surface area contributed by atoms with Crippen molar-refractivity contribution in [3.63, 3.8) is 0 Å². The Balaban J connectivity index is 1.28. The van der Waals surface area contributed by atoms with Gasteiger partial charge in [-0.3, -0.25) is 9.69 Å². The third-order valence-electron chi connectivity index (χ3n) is 6.35. The van der Waals surface area contributed by atoms with Gasteiger partial charge in [0.15, 0.2) is 0 Å². The van der Waals surface area contributed by atoms with Crippen LogP contribution in [0.4, 0.5) is 5.69 Å². The summed E-state index contributed by atoms with van der Waals surface area (Å²) in [6.45, 7) is 5.76. The first kappa shape index (κ1) is 20.5. The SMILES string of the molecule is COc1ccc(C(=O)N2CCC(N3CCN(c4ccccc4OC)CC3)CC2)cc1. The normalized spacial score (nSPS) is 18.3. The van der Waals surface area contributed by atoms with Crippen molar-refractivity contribution in [2.75, 3.05) is 58.4 Å². The van der Waals surface area contributed by atoms with E-state index in [1.54, 1.807) is 14.2 Å². The molecule has 0 aliphatic carbocycles. The third-order valence-corrected chi connectivity index (χ3v) is 6.35. The van der Waals surface area contributed by atoms with Gasteiger partial charge in [0.05, 0.1) is 19.9 Å². The number of piperazine rings is 1. The van der Waals surface area contributed by atoms with Crippen LogP contribution in [-0.2, 0) is 0 Å². The molecule has 2 aromatic rings. The molecule has 6 heteroatoms. The van der Waals surface area contributed by atoms with Crippen LogP contribution >= 0.6 is 0 Å². The van der Waals surface area contributed by atoms with E-state index >= 15 is 0 Å². The molecule has 160 valence electrons. The smallest absolute Gasteiger partial charge is 0.253 e. The monoisotopic (exact) mass is 409 g/mol. The highest BCUT2D eigenvalue weighted by Crippen LogP contribution is 2.29. The predicted octanol–water partition coefficient (Wildman–Crippen LogP) is 3.13. The number of piperidine rings is 1. The first-order valence-electron chi connectivity index (χ1n) is 10.7. The van der Waals surface area contributed by atoms with E-state index in [1.807, 2.05) is 41.3 Å². The van der Waals surface area contributed by atoms with E-state index in [-0.39, 0.29) is 5.91 Å². The molecule has 0 unspecified atom stereocenters. The highest BCUT2D eigenvalue weighted by molar-refractivity contribution is 5.94. The summed E-state index contributed by atoms with van der Waals surface area (Å²) in [6.07, 6.45) is 2.08. The van der Waals surface area contributed by atoms with Gasteiger partial charge in [0.1, 0.15) is 11.5 Å². The van der Waals surface area contributed by atoms with Crippen LogP contribution in [-0.4, -0.2) is 75.2 Å². The Morgan fingerprint density at radius 3 is 2.13 bits per heavy atom. The Bertz CT molecular complexity index is 839. The number of hydrogen-bond donors (Lipinski definition) is 0. The summed E-state index contributed by atoms with van der Waals surface area (Å²) < 4.78 is 10.7. The maximum atomic E-state index is 12.8. The van der Waals surface area contributed by atoms with Crippen molar-refractivity contribution in [2.24, 2.45) is 0 Å². The van der Waals surface area contributed by atoms with Gasteiger partial charge in [-0.1, -0.05) is 12.1 Å². The Labute approximate surface area is 179 Å². The molecule has 2 saturated heterocycles. The minimum absolute atomic E-state index is 0.122. The maximum absolute atomic E-state index is 12.8. The summed E-state index contributed by atoms with van der Waals surface area (Å²) in [5, 5.41) is 0. The number of hydrogen-bond acceptors (Lipinski definition) is 5. The topological polar surface area (TPSA) is 45.2 Å². The molecule has 0 spiro atoms. The molecule has 30 heavy (non-hydrogen) atoms. The van der Waals surface area contributed by atoms with Crippen LogP contribution in [0.3, 0.4) is 0 Å². The fourth-order valence-electron chi connectivity index (χ4n) is 4.57. The summed E-state index contributed by atoms with van der Waals surface area (Å²) in [5.41, 5.74) is 1.92. The van der Waals surface area contributed by atoms with E-state index in [4.69, 9.17) is 9.47 Å². The molecule has 2 heterocycles. The van der Waals surface area contributed by atoms with Crippen molar-refractivity contribution in [1.29, 1.82) is 0 Å². The van der Waals surface area contributed by atoms with Gasteiger partial charge < -0.3 is 19.3 Å². The zero-order chi connectivity index (χ0) is 20.9. The van der Waals surface area contributed by atoms with E-state index < -0.39 is 0 Å². The lowest BCUT2D eigenvalue weighted by Gasteiger charge is -2.43. The molecule has 2 aromatic carbocycles. The minimum atomic E-state index is 0.122. The summed E-state index contributed by atoms with van der Waals surface area (Å²) in [7, 11) is 3.37. The first-order chi connectivity index (χ1) is 14.7. The van der Waals surface area contributed by atoms with Crippen LogP contribution in [0, 0.1) is 0 Å². The number of benzene rings is 2. The number of nitrogens with zero attached hydrogens (tertiary/aromatic N) is 3. The maximum Gasteiger partial charge on any atom is 0.253 e. The molecule has 2 aliphatic heterocycles. The van der Waals surface area contributed by atoms with Crippen molar-refractivity contribution >= 4 is 11.6 Å². The number of amides is 1. The van der Waals surface area contributed by atoms with Gasteiger partial charge in [0, 0.05) is 50.9 Å². The van der Waals surface area contributed by atoms with E-state index in [0.29, 0.717) is 6.04 Å². The lowest BCUT2D eigenvalue weighted by Crippen LogP contribution is -2.53. The van der Waals surface area contributed by atoms with Gasteiger partial charge in [-0.05, 0) is 49.2 Å².